The number of esters is 1. The summed E-state index contributed by atoms with van der Waals surface area (Å²) in [6.45, 7) is 4.43. The van der Waals surface area contributed by atoms with Gasteiger partial charge in [-0.15, -0.1) is 0 Å². The first-order valence-corrected chi connectivity index (χ1v) is 6.68. The molecule has 0 radical (unpaired) electrons. The summed E-state index contributed by atoms with van der Waals surface area (Å²) in [6, 6.07) is -0.303. The predicted molar refractivity (Wildman–Crippen MR) is 71.2 cm³/mol. The topological polar surface area (TPSA) is 87.2 Å². The summed E-state index contributed by atoms with van der Waals surface area (Å²) in [5.74, 6) is -1.38. The van der Waals surface area contributed by atoms with Crippen molar-refractivity contribution >= 4 is 18.0 Å². The number of amides is 2. The van der Waals surface area contributed by atoms with Crippen LogP contribution in [-0.2, 0) is 14.3 Å². The zero-order chi connectivity index (χ0) is 15.3. The number of hydrogen-bond acceptors (Lipinski definition) is 4. The molecule has 0 aromatic rings. The number of ether oxygens (including phenoxy) is 1. The van der Waals surface area contributed by atoms with Crippen LogP contribution in [0.1, 0.15) is 26.7 Å². The summed E-state index contributed by atoms with van der Waals surface area (Å²) in [5.41, 5.74) is -0.904. The van der Waals surface area contributed by atoms with Crippen molar-refractivity contribution in [3.63, 3.8) is 0 Å². The van der Waals surface area contributed by atoms with Crippen molar-refractivity contribution in [1.82, 2.24) is 9.80 Å². The number of nitrogens with zero attached hydrogens (tertiary/aromatic N) is 2. The molecule has 7 nitrogen and oxygen atoms in total. The molecule has 0 aromatic carbocycles. The summed E-state index contributed by atoms with van der Waals surface area (Å²) in [5, 5.41) is 9.17. The van der Waals surface area contributed by atoms with Gasteiger partial charge < -0.3 is 19.6 Å². The van der Waals surface area contributed by atoms with Crippen LogP contribution in [0.4, 0.5) is 4.79 Å². The van der Waals surface area contributed by atoms with E-state index in [2.05, 4.69) is 4.74 Å². The molecule has 1 N–H and O–H groups in total. The van der Waals surface area contributed by atoms with Crippen molar-refractivity contribution < 1.29 is 24.2 Å². The number of carboxylic acids is 1. The Morgan fingerprint density at radius 2 is 2.05 bits per heavy atom. The molecule has 0 aliphatic carbocycles. The molecule has 0 saturated carbocycles. The Balaban J connectivity index is 2.71. The number of carbonyl (C=O) groups is 3. The number of carboxylic acid groups (broad SMARTS) is 1. The fraction of sp³-hybridized carbons (Fsp3) is 0.769. The maximum Gasteiger partial charge on any atom is 0.325 e. The summed E-state index contributed by atoms with van der Waals surface area (Å²) in [7, 11) is 1.27. The van der Waals surface area contributed by atoms with E-state index in [9.17, 15) is 19.5 Å². The van der Waals surface area contributed by atoms with E-state index in [4.69, 9.17) is 0 Å². The fourth-order valence-corrected chi connectivity index (χ4v) is 2.23. The Labute approximate surface area is 118 Å². The van der Waals surface area contributed by atoms with E-state index in [0.29, 0.717) is 25.9 Å². The van der Waals surface area contributed by atoms with Gasteiger partial charge in [-0.25, -0.2) is 4.79 Å². The van der Waals surface area contributed by atoms with Gasteiger partial charge in [0.05, 0.1) is 12.5 Å². The third kappa shape index (κ3) is 3.61. The zero-order valence-corrected chi connectivity index (χ0v) is 12.2. The number of methoxy groups -OCH3 is 1. The first-order valence-electron chi connectivity index (χ1n) is 6.68. The van der Waals surface area contributed by atoms with Crippen LogP contribution in [0.25, 0.3) is 0 Å². The Morgan fingerprint density at radius 3 is 2.50 bits per heavy atom. The standard InChI is InChI=1S/C13H22N2O5/c1-4-6-14(8-10(16)20-3)12(19)15-7-5-13(2,9-15)11(17)18/h4-9H2,1-3H3,(H,17,18). The van der Waals surface area contributed by atoms with Crippen LogP contribution in [0.15, 0.2) is 0 Å². The maximum absolute atomic E-state index is 12.3. The van der Waals surface area contributed by atoms with Crippen LogP contribution in [0.2, 0.25) is 0 Å². The highest BCUT2D eigenvalue weighted by atomic mass is 16.5. The van der Waals surface area contributed by atoms with E-state index in [1.807, 2.05) is 6.92 Å². The minimum absolute atomic E-state index is 0.108. The lowest BCUT2D eigenvalue weighted by molar-refractivity contribution is -0.147. The van der Waals surface area contributed by atoms with Gasteiger partial charge in [-0.1, -0.05) is 6.92 Å². The lowest BCUT2D eigenvalue weighted by atomic mass is 9.90. The molecular formula is C13H22N2O5. The molecule has 2 amide bonds. The van der Waals surface area contributed by atoms with Crippen molar-refractivity contribution in [2.24, 2.45) is 5.41 Å². The van der Waals surface area contributed by atoms with Crippen LogP contribution in [-0.4, -0.2) is 66.2 Å². The molecule has 114 valence electrons. The molecule has 1 atom stereocenters. The highest BCUT2D eigenvalue weighted by molar-refractivity contribution is 5.82. The van der Waals surface area contributed by atoms with Gasteiger partial charge in [-0.2, -0.15) is 0 Å². The quantitative estimate of drug-likeness (QED) is 0.755. The van der Waals surface area contributed by atoms with E-state index in [-0.39, 0.29) is 19.1 Å². The fourth-order valence-electron chi connectivity index (χ4n) is 2.23. The molecule has 1 heterocycles. The van der Waals surface area contributed by atoms with Crippen LogP contribution in [0, 0.1) is 5.41 Å². The van der Waals surface area contributed by atoms with Gasteiger partial charge in [-0.05, 0) is 19.8 Å². The Hall–Kier alpha value is -1.79. The average Bonchev–Trinajstić information content (AvgIpc) is 2.81. The van der Waals surface area contributed by atoms with Gasteiger partial charge in [0.15, 0.2) is 0 Å². The van der Waals surface area contributed by atoms with Gasteiger partial charge in [0, 0.05) is 19.6 Å². The lowest BCUT2D eigenvalue weighted by Gasteiger charge is -2.27. The number of hydrogen-bond donors (Lipinski definition) is 1. The molecule has 1 aliphatic heterocycles. The third-order valence-corrected chi connectivity index (χ3v) is 3.57. The smallest absolute Gasteiger partial charge is 0.325 e. The van der Waals surface area contributed by atoms with E-state index in [1.165, 1.54) is 16.9 Å². The van der Waals surface area contributed by atoms with Crippen molar-refractivity contribution in [1.29, 1.82) is 0 Å². The molecule has 1 fully saturated rings. The van der Waals surface area contributed by atoms with Gasteiger partial charge in [0.2, 0.25) is 0 Å². The number of rotatable bonds is 5. The normalized spacial score (nSPS) is 21.6. The highest BCUT2D eigenvalue weighted by Gasteiger charge is 2.43. The molecule has 0 spiro atoms. The van der Waals surface area contributed by atoms with Crippen LogP contribution in [0.5, 0.6) is 0 Å². The van der Waals surface area contributed by atoms with Crippen LogP contribution in [0.3, 0.4) is 0 Å². The van der Waals surface area contributed by atoms with Crippen molar-refractivity contribution in [3.8, 4) is 0 Å². The van der Waals surface area contributed by atoms with Gasteiger partial charge >= 0.3 is 18.0 Å². The molecule has 1 saturated heterocycles. The summed E-state index contributed by atoms with van der Waals surface area (Å²) < 4.78 is 4.57. The first kappa shape index (κ1) is 16.3. The monoisotopic (exact) mass is 286 g/mol. The molecule has 1 rings (SSSR count). The van der Waals surface area contributed by atoms with E-state index >= 15 is 0 Å². The average molecular weight is 286 g/mol. The van der Waals surface area contributed by atoms with Crippen molar-refractivity contribution in [2.75, 3.05) is 33.3 Å². The summed E-state index contributed by atoms with van der Waals surface area (Å²) in [6.07, 6.45) is 1.14. The SMILES string of the molecule is CCCN(CC(=O)OC)C(=O)N1CCC(C)(C(=O)O)C1. The van der Waals surface area contributed by atoms with Crippen LogP contribution < -0.4 is 0 Å². The molecular weight excluding hydrogens is 264 g/mol. The van der Waals surface area contributed by atoms with Gasteiger partial charge in [-0.3, -0.25) is 9.59 Å². The molecule has 0 bridgehead atoms. The number of likely N-dealkylation sites (tertiary alicyclic amines) is 1. The van der Waals surface area contributed by atoms with Crippen molar-refractivity contribution in [2.45, 2.75) is 26.7 Å². The Kier molecular flexibility index (Phi) is 5.35. The number of urea groups is 1. The summed E-state index contributed by atoms with van der Waals surface area (Å²) in [4.78, 5) is 37.8. The Bertz CT molecular complexity index is 398. The summed E-state index contributed by atoms with van der Waals surface area (Å²) >= 11 is 0. The Morgan fingerprint density at radius 1 is 1.40 bits per heavy atom. The van der Waals surface area contributed by atoms with Gasteiger partial charge in [0.1, 0.15) is 6.54 Å². The highest BCUT2D eigenvalue weighted by Crippen LogP contribution is 2.30. The molecule has 1 unspecified atom stereocenters. The minimum Gasteiger partial charge on any atom is -0.481 e. The van der Waals surface area contributed by atoms with Crippen molar-refractivity contribution in [3.05, 3.63) is 0 Å². The molecule has 7 heteroatoms. The second-order valence-electron chi connectivity index (χ2n) is 5.32. The molecule has 1 aliphatic rings. The van der Waals surface area contributed by atoms with E-state index in [0.717, 1.165) is 0 Å². The van der Waals surface area contributed by atoms with Crippen LogP contribution >= 0.6 is 0 Å². The first-order chi connectivity index (χ1) is 9.34. The zero-order valence-electron chi connectivity index (χ0n) is 12.2. The maximum atomic E-state index is 12.3. The number of aliphatic carboxylic acids is 1. The second-order valence-corrected chi connectivity index (χ2v) is 5.32. The largest absolute Gasteiger partial charge is 0.481 e. The van der Waals surface area contributed by atoms with E-state index < -0.39 is 17.4 Å². The van der Waals surface area contributed by atoms with E-state index in [1.54, 1.807) is 6.92 Å². The lowest BCUT2D eigenvalue weighted by Crippen LogP contribution is -2.46. The predicted octanol–water partition coefficient (Wildman–Crippen LogP) is 0.788. The molecule has 0 aromatic heterocycles. The van der Waals surface area contributed by atoms with Gasteiger partial charge in [0.25, 0.3) is 0 Å². The minimum atomic E-state index is -0.904. The second kappa shape index (κ2) is 6.58. The number of carbonyl (C=O) groups excluding carboxylic acids is 2. The third-order valence-electron chi connectivity index (χ3n) is 3.57. The molecule has 20 heavy (non-hydrogen) atoms.